The normalized spacial score (nSPS) is 10.3. The molecule has 0 bridgehead atoms. The van der Waals surface area contributed by atoms with Crippen molar-refractivity contribution in [3.8, 4) is 12.3 Å². The van der Waals surface area contributed by atoms with Crippen molar-refractivity contribution >= 4 is 16.9 Å². The van der Waals surface area contributed by atoms with Crippen LogP contribution in [-0.2, 0) is 11.2 Å². The lowest BCUT2D eigenvalue weighted by Crippen LogP contribution is -2.25. The number of terminal acetylenes is 1. The number of fused-ring (bicyclic) bond motifs is 1. The Morgan fingerprint density at radius 3 is 3.00 bits per heavy atom. The van der Waals surface area contributed by atoms with Crippen LogP contribution in [0, 0.1) is 12.3 Å². The monoisotopic (exact) mass is 255 g/mol. The molecule has 2 aromatic rings. The molecule has 19 heavy (non-hydrogen) atoms. The standard InChI is InChI=1S/C16H17NO2/c1-2-3-4-9-16(18)17-11-10-14-12-13-7-5-6-8-15(13)19-14/h1,5-8,12H,3-4,9-11H2,(H,17,18). The minimum absolute atomic E-state index is 0.0476. The van der Waals surface area contributed by atoms with Crippen LogP contribution in [0.1, 0.15) is 25.0 Å². The Kier molecular flexibility index (Phi) is 4.63. The topological polar surface area (TPSA) is 42.2 Å². The van der Waals surface area contributed by atoms with E-state index in [1.807, 2.05) is 30.3 Å². The van der Waals surface area contributed by atoms with E-state index in [-0.39, 0.29) is 5.91 Å². The van der Waals surface area contributed by atoms with Crippen molar-refractivity contribution in [3.05, 3.63) is 36.1 Å². The van der Waals surface area contributed by atoms with Gasteiger partial charge in [0.25, 0.3) is 0 Å². The minimum atomic E-state index is 0.0476. The molecule has 0 unspecified atom stereocenters. The van der Waals surface area contributed by atoms with Crippen LogP contribution in [0.3, 0.4) is 0 Å². The molecule has 0 fully saturated rings. The van der Waals surface area contributed by atoms with Gasteiger partial charge in [0.05, 0.1) is 0 Å². The Labute approximate surface area is 113 Å². The summed E-state index contributed by atoms with van der Waals surface area (Å²) in [6, 6.07) is 9.90. The van der Waals surface area contributed by atoms with Gasteiger partial charge < -0.3 is 9.73 Å². The molecule has 1 amide bonds. The quantitative estimate of drug-likeness (QED) is 0.637. The van der Waals surface area contributed by atoms with Gasteiger partial charge in [0, 0.05) is 31.2 Å². The molecule has 0 radical (unpaired) electrons. The fourth-order valence-corrected chi connectivity index (χ4v) is 1.92. The van der Waals surface area contributed by atoms with E-state index in [9.17, 15) is 4.79 Å². The lowest BCUT2D eigenvalue weighted by atomic mass is 10.2. The second-order valence-corrected chi connectivity index (χ2v) is 4.41. The van der Waals surface area contributed by atoms with Crippen LogP contribution in [0.2, 0.25) is 0 Å². The Hall–Kier alpha value is -2.21. The van der Waals surface area contributed by atoms with Crippen LogP contribution in [0.15, 0.2) is 34.7 Å². The van der Waals surface area contributed by atoms with Gasteiger partial charge in [-0.15, -0.1) is 12.3 Å². The van der Waals surface area contributed by atoms with Gasteiger partial charge in [-0.25, -0.2) is 0 Å². The van der Waals surface area contributed by atoms with Crippen molar-refractivity contribution < 1.29 is 9.21 Å². The number of carbonyl (C=O) groups excluding carboxylic acids is 1. The highest BCUT2D eigenvalue weighted by Crippen LogP contribution is 2.18. The van der Waals surface area contributed by atoms with Gasteiger partial charge in [-0.3, -0.25) is 4.79 Å². The SMILES string of the molecule is C#CCCCC(=O)NCCc1cc2ccccc2o1. The fraction of sp³-hybridized carbons (Fsp3) is 0.312. The summed E-state index contributed by atoms with van der Waals surface area (Å²) in [5.41, 5.74) is 0.887. The number of unbranched alkanes of at least 4 members (excludes halogenated alkanes) is 1. The molecule has 1 aromatic carbocycles. The van der Waals surface area contributed by atoms with Crippen molar-refractivity contribution in [2.75, 3.05) is 6.54 Å². The number of furan rings is 1. The van der Waals surface area contributed by atoms with Crippen LogP contribution < -0.4 is 5.32 Å². The first kappa shape index (κ1) is 13.2. The minimum Gasteiger partial charge on any atom is -0.461 e. The van der Waals surface area contributed by atoms with Crippen molar-refractivity contribution in [3.63, 3.8) is 0 Å². The van der Waals surface area contributed by atoms with Crippen molar-refractivity contribution in [2.45, 2.75) is 25.7 Å². The van der Waals surface area contributed by atoms with Gasteiger partial charge in [0.1, 0.15) is 11.3 Å². The van der Waals surface area contributed by atoms with Crippen LogP contribution in [0.25, 0.3) is 11.0 Å². The Morgan fingerprint density at radius 1 is 1.37 bits per heavy atom. The first-order chi connectivity index (χ1) is 9.29. The number of carbonyl (C=O) groups is 1. The Bertz CT molecular complexity index is 559. The summed E-state index contributed by atoms with van der Waals surface area (Å²) < 4.78 is 5.67. The molecule has 0 saturated heterocycles. The Morgan fingerprint density at radius 2 is 2.21 bits per heavy atom. The summed E-state index contributed by atoms with van der Waals surface area (Å²) in [5.74, 6) is 3.47. The van der Waals surface area contributed by atoms with E-state index in [1.54, 1.807) is 0 Å². The predicted molar refractivity (Wildman–Crippen MR) is 75.6 cm³/mol. The van der Waals surface area contributed by atoms with Crippen molar-refractivity contribution in [1.82, 2.24) is 5.32 Å². The molecule has 1 heterocycles. The van der Waals surface area contributed by atoms with Crippen LogP contribution >= 0.6 is 0 Å². The molecule has 1 N–H and O–H groups in total. The second-order valence-electron chi connectivity index (χ2n) is 4.41. The highest BCUT2D eigenvalue weighted by atomic mass is 16.3. The summed E-state index contributed by atoms with van der Waals surface area (Å²) in [4.78, 5) is 11.5. The van der Waals surface area contributed by atoms with E-state index in [0.29, 0.717) is 25.8 Å². The molecule has 0 aliphatic carbocycles. The molecule has 3 heteroatoms. The number of hydrogen-bond acceptors (Lipinski definition) is 2. The van der Waals surface area contributed by atoms with Crippen molar-refractivity contribution in [1.29, 1.82) is 0 Å². The van der Waals surface area contributed by atoms with Crippen LogP contribution in [0.5, 0.6) is 0 Å². The number of para-hydroxylation sites is 1. The van der Waals surface area contributed by atoms with Gasteiger partial charge in [-0.2, -0.15) is 0 Å². The van der Waals surface area contributed by atoms with Gasteiger partial charge in [0.2, 0.25) is 5.91 Å². The number of rotatable bonds is 6. The number of amides is 1. The van der Waals surface area contributed by atoms with Gasteiger partial charge in [0.15, 0.2) is 0 Å². The molecule has 98 valence electrons. The molecule has 0 aliphatic heterocycles. The third-order valence-electron chi connectivity index (χ3n) is 2.90. The van der Waals surface area contributed by atoms with E-state index < -0.39 is 0 Å². The van der Waals surface area contributed by atoms with Crippen LogP contribution in [0.4, 0.5) is 0 Å². The molecule has 3 nitrogen and oxygen atoms in total. The average molecular weight is 255 g/mol. The molecular weight excluding hydrogens is 238 g/mol. The molecular formula is C16H17NO2. The zero-order valence-electron chi connectivity index (χ0n) is 10.8. The highest BCUT2D eigenvalue weighted by molar-refractivity contribution is 5.78. The van der Waals surface area contributed by atoms with E-state index >= 15 is 0 Å². The van der Waals surface area contributed by atoms with Gasteiger partial charge in [-0.05, 0) is 18.6 Å². The van der Waals surface area contributed by atoms with E-state index in [4.69, 9.17) is 10.8 Å². The summed E-state index contributed by atoms with van der Waals surface area (Å²) >= 11 is 0. The molecule has 0 atom stereocenters. The third-order valence-corrected chi connectivity index (χ3v) is 2.90. The van der Waals surface area contributed by atoms with Crippen LogP contribution in [-0.4, -0.2) is 12.5 Å². The maximum absolute atomic E-state index is 11.5. The van der Waals surface area contributed by atoms with E-state index in [0.717, 1.165) is 23.2 Å². The third kappa shape index (κ3) is 3.89. The first-order valence-corrected chi connectivity index (χ1v) is 6.47. The fourth-order valence-electron chi connectivity index (χ4n) is 1.92. The van der Waals surface area contributed by atoms with Gasteiger partial charge >= 0.3 is 0 Å². The summed E-state index contributed by atoms with van der Waals surface area (Å²) in [6.07, 6.45) is 7.72. The van der Waals surface area contributed by atoms with Crippen molar-refractivity contribution in [2.24, 2.45) is 0 Å². The average Bonchev–Trinajstić information content (AvgIpc) is 2.81. The zero-order chi connectivity index (χ0) is 13.5. The van der Waals surface area contributed by atoms with E-state index in [2.05, 4.69) is 11.2 Å². The lowest BCUT2D eigenvalue weighted by Gasteiger charge is -2.02. The predicted octanol–water partition coefficient (Wildman–Crippen LogP) is 2.90. The first-order valence-electron chi connectivity index (χ1n) is 6.47. The summed E-state index contributed by atoms with van der Waals surface area (Å²) in [7, 11) is 0. The number of benzene rings is 1. The highest BCUT2D eigenvalue weighted by Gasteiger charge is 2.04. The smallest absolute Gasteiger partial charge is 0.220 e. The number of nitrogens with one attached hydrogen (secondary N) is 1. The molecule has 2 rings (SSSR count). The zero-order valence-corrected chi connectivity index (χ0v) is 10.8. The maximum Gasteiger partial charge on any atom is 0.220 e. The Balaban J connectivity index is 1.76. The summed E-state index contributed by atoms with van der Waals surface area (Å²) in [5, 5.41) is 3.96. The largest absolute Gasteiger partial charge is 0.461 e. The number of hydrogen-bond donors (Lipinski definition) is 1. The molecule has 0 spiro atoms. The molecule has 0 saturated carbocycles. The summed E-state index contributed by atoms with van der Waals surface area (Å²) in [6.45, 7) is 0.592. The van der Waals surface area contributed by atoms with E-state index in [1.165, 1.54) is 0 Å². The second kappa shape index (κ2) is 6.65. The molecule has 0 aliphatic rings. The molecule has 1 aromatic heterocycles. The maximum atomic E-state index is 11.5. The van der Waals surface area contributed by atoms with Gasteiger partial charge in [-0.1, -0.05) is 18.2 Å². The lowest BCUT2D eigenvalue weighted by molar-refractivity contribution is -0.121.